The zero-order valence-corrected chi connectivity index (χ0v) is 13.6. The van der Waals surface area contributed by atoms with Crippen LogP contribution in [-0.4, -0.2) is 66.1 Å². The van der Waals surface area contributed by atoms with Gasteiger partial charge in [-0.3, -0.25) is 15.0 Å². The Morgan fingerprint density at radius 3 is 2.68 bits per heavy atom. The van der Waals surface area contributed by atoms with Crippen LogP contribution in [0.2, 0.25) is 0 Å². The predicted molar refractivity (Wildman–Crippen MR) is 92.7 cm³/mol. The molecule has 2 heterocycles. The summed E-state index contributed by atoms with van der Waals surface area (Å²) in [4.78, 5) is 16.7. The average molecular weight is 317 g/mol. The molecule has 118 valence electrons. The fourth-order valence-corrected chi connectivity index (χ4v) is 3.76. The summed E-state index contributed by atoms with van der Waals surface area (Å²) in [5.41, 5.74) is 1.24. The molecular weight excluding hydrogens is 294 g/mol. The third kappa shape index (κ3) is 4.12. The van der Waals surface area contributed by atoms with Gasteiger partial charge in [0.25, 0.3) is 0 Å². The van der Waals surface area contributed by atoms with Gasteiger partial charge >= 0.3 is 0 Å². The third-order valence-corrected chi connectivity index (χ3v) is 5.11. The molecule has 4 nitrogen and oxygen atoms in total. The Bertz CT molecular complexity index is 506. The second kappa shape index (κ2) is 7.81. The summed E-state index contributed by atoms with van der Waals surface area (Å²) in [6.45, 7) is 4.58. The van der Waals surface area contributed by atoms with Crippen molar-refractivity contribution in [2.75, 3.05) is 44.4 Å². The highest BCUT2D eigenvalue weighted by Crippen LogP contribution is 2.13. The molecule has 1 N–H and O–H groups in total. The van der Waals surface area contributed by atoms with Gasteiger partial charge in [-0.2, -0.15) is 0 Å². The fourth-order valence-electron chi connectivity index (χ4n) is 2.83. The van der Waals surface area contributed by atoms with Crippen molar-refractivity contribution in [3.8, 4) is 0 Å². The summed E-state index contributed by atoms with van der Waals surface area (Å²) < 4.78 is 0. The molecule has 5 heteroatoms. The molecule has 2 saturated heterocycles. The lowest BCUT2D eigenvalue weighted by Gasteiger charge is -2.35. The molecule has 1 aromatic carbocycles. The number of amides is 1. The van der Waals surface area contributed by atoms with Crippen LogP contribution in [0.25, 0.3) is 6.08 Å². The maximum atomic E-state index is 12.3. The highest BCUT2D eigenvalue weighted by Gasteiger charge is 2.29. The third-order valence-electron chi connectivity index (χ3n) is 4.17. The van der Waals surface area contributed by atoms with E-state index in [-0.39, 0.29) is 11.9 Å². The Morgan fingerprint density at radius 2 is 2.00 bits per heavy atom. The summed E-state index contributed by atoms with van der Waals surface area (Å²) in [6.07, 6.45) is 4.37. The molecular formula is C17H23N3OS. The molecule has 2 aliphatic rings. The van der Waals surface area contributed by atoms with Gasteiger partial charge in [-0.1, -0.05) is 42.5 Å². The van der Waals surface area contributed by atoms with Gasteiger partial charge in [0, 0.05) is 44.4 Å². The Labute approximate surface area is 136 Å². The molecule has 1 aromatic rings. The van der Waals surface area contributed by atoms with Gasteiger partial charge in [-0.15, -0.1) is 11.8 Å². The number of carbonyl (C=O) groups excluding carboxylic acids is 1. The lowest BCUT2D eigenvalue weighted by atomic mass is 10.2. The van der Waals surface area contributed by atoms with Crippen molar-refractivity contribution >= 4 is 23.7 Å². The zero-order valence-electron chi connectivity index (χ0n) is 12.8. The molecule has 22 heavy (non-hydrogen) atoms. The van der Waals surface area contributed by atoms with Gasteiger partial charge < -0.3 is 4.90 Å². The number of rotatable bonds is 4. The van der Waals surface area contributed by atoms with Crippen LogP contribution in [0.3, 0.4) is 0 Å². The van der Waals surface area contributed by atoms with Gasteiger partial charge in [0.05, 0.1) is 6.04 Å². The molecule has 3 rings (SSSR count). The van der Waals surface area contributed by atoms with Crippen LogP contribution in [0.15, 0.2) is 36.4 Å². The Balaban J connectivity index is 1.42. The van der Waals surface area contributed by atoms with E-state index in [0.29, 0.717) is 0 Å². The lowest BCUT2D eigenvalue weighted by molar-refractivity contribution is -0.134. The van der Waals surface area contributed by atoms with Crippen molar-refractivity contribution in [3.63, 3.8) is 0 Å². The van der Waals surface area contributed by atoms with Crippen molar-refractivity contribution < 1.29 is 4.79 Å². The van der Waals surface area contributed by atoms with Gasteiger partial charge in [0.15, 0.2) is 0 Å². The summed E-state index contributed by atoms with van der Waals surface area (Å²) >= 11 is 1.81. The van der Waals surface area contributed by atoms with E-state index in [1.54, 1.807) is 11.8 Å². The molecule has 2 aliphatic heterocycles. The molecule has 0 aliphatic carbocycles. The van der Waals surface area contributed by atoms with Gasteiger partial charge in [-0.05, 0) is 5.56 Å². The summed E-state index contributed by atoms with van der Waals surface area (Å²) in [5, 5.41) is 3.26. The van der Waals surface area contributed by atoms with Crippen LogP contribution in [0.1, 0.15) is 5.56 Å². The van der Waals surface area contributed by atoms with Crippen LogP contribution >= 0.6 is 11.8 Å². The summed E-state index contributed by atoms with van der Waals surface area (Å²) in [7, 11) is 0. The summed E-state index contributed by atoms with van der Waals surface area (Å²) in [6, 6.07) is 10.4. The largest absolute Gasteiger partial charge is 0.339 e. The van der Waals surface area contributed by atoms with Crippen LogP contribution in [0.5, 0.6) is 0 Å². The van der Waals surface area contributed by atoms with E-state index in [2.05, 4.69) is 46.6 Å². The smallest absolute Gasteiger partial charge is 0.240 e. The second-order valence-corrected chi connectivity index (χ2v) is 6.74. The molecule has 1 amide bonds. The average Bonchev–Trinajstić information content (AvgIpc) is 3.10. The zero-order chi connectivity index (χ0) is 15.2. The van der Waals surface area contributed by atoms with Crippen LogP contribution in [-0.2, 0) is 4.79 Å². The monoisotopic (exact) mass is 317 g/mol. The predicted octanol–water partition coefficient (Wildman–Crippen LogP) is 1.51. The number of thioether (sulfide) groups is 1. The van der Waals surface area contributed by atoms with Crippen LogP contribution in [0.4, 0.5) is 0 Å². The first-order valence-corrected chi connectivity index (χ1v) is 9.02. The molecule has 0 radical (unpaired) electrons. The first-order valence-electron chi connectivity index (χ1n) is 7.87. The van der Waals surface area contributed by atoms with Crippen molar-refractivity contribution in [1.82, 2.24) is 15.1 Å². The topological polar surface area (TPSA) is 35.6 Å². The van der Waals surface area contributed by atoms with E-state index < -0.39 is 0 Å². The molecule has 0 bridgehead atoms. The minimum atomic E-state index is 0.0366. The Kier molecular flexibility index (Phi) is 5.53. The molecule has 0 saturated carbocycles. The SMILES string of the molecule is O=C(C1CSCN1)N1CCN(C/C=C/c2ccccc2)CC1. The fraction of sp³-hybridized carbons (Fsp3) is 0.471. The van der Waals surface area contributed by atoms with Crippen LogP contribution in [0, 0.1) is 0 Å². The van der Waals surface area contributed by atoms with E-state index >= 15 is 0 Å². The molecule has 1 atom stereocenters. The highest BCUT2D eigenvalue weighted by molar-refractivity contribution is 7.99. The van der Waals surface area contributed by atoms with Gasteiger partial charge in [0.2, 0.25) is 5.91 Å². The van der Waals surface area contributed by atoms with Crippen molar-refractivity contribution in [2.45, 2.75) is 6.04 Å². The van der Waals surface area contributed by atoms with Crippen molar-refractivity contribution in [2.24, 2.45) is 0 Å². The van der Waals surface area contributed by atoms with E-state index in [1.807, 2.05) is 11.0 Å². The quantitative estimate of drug-likeness (QED) is 0.913. The summed E-state index contributed by atoms with van der Waals surface area (Å²) in [5.74, 6) is 2.10. The van der Waals surface area contributed by atoms with E-state index in [4.69, 9.17) is 0 Å². The van der Waals surface area contributed by atoms with Crippen molar-refractivity contribution in [3.05, 3.63) is 42.0 Å². The normalized spacial score (nSPS) is 23.3. The minimum absolute atomic E-state index is 0.0366. The number of nitrogens with one attached hydrogen (secondary N) is 1. The number of benzene rings is 1. The van der Waals surface area contributed by atoms with Crippen molar-refractivity contribution in [1.29, 1.82) is 0 Å². The standard InChI is InChI=1S/C17H23N3OS/c21-17(16-13-22-14-18-16)20-11-9-19(10-12-20)8-4-7-15-5-2-1-3-6-15/h1-7,16,18H,8-14H2/b7-4+. The van der Waals surface area contributed by atoms with Gasteiger partial charge in [0.1, 0.15) is 0 Å². The van der Waals surface area contributed by atoms with Gasteiger partial charge in [-0.25, -0.2) is 0 Å². The number of piperazine rings is 1. The molecule has 0 spiro atoms. The molecule has 1 unspecified atom stereocenters. The number of hydrogen-bond donors (Lipinski definition) is 1. The highest BCUT2D eigenvalue weighted by atomic mass is 32.2. The first-order chi connectivity index (χ1) is 10.8. The van der Waals surface area contributed by atoms with E-state index in [0.717, 1.165) is 44.4 Å². The maximum absolute atomic E-state index is 12.3. The first kappa shape index (κ1) is 15.6. The molecule has 0 aromatic heterocycles. The number of carbonyl (C=O) groups is 1. The van der Waals surface area contributed by atoms with Crippen LogP contribution < -0.4 is 5.32 Å². The Hall–Kier alpha value is -1.30. The Morgan fingerprint density at radius 1 is 1.23 bits per heavy atom. The minimum Gasteiger partial charge on any atom is -0.339 e. The number of hydrogen-bond acceptors (Lipinski definition) is 4. The van der Waals surface area contributed by atoms with E-state index in [1.165, 1.54) is 5.56 Å². The molecule has 2 fully saturated rings. The lowest BCUT2D eigenvalue weighted by Crippen LogP contribution is -2.53. The van der Waals surface area contributed by atoms with E-state index in [9.17, 15) is 4.79 Å². The second-order valence-electron chi connectivity index (χ2n) is 5.71. The maximum Gasteiger partial charge on any atom is 0.240 e. The number of nitrogens with zero attached hydrogens (tertiary/aromatic N) is 2.